The standard InChI is InChI=1S/C43H60N6O7/c1-5-55-41(54)32-17-12-18-46(22-32)40(53)36(29(2)56-25-31-15-10-7-11-16-31)45-37(50)35-24-47(26-43(35)27-48(28-43)39(52)34-19-42(34,3)4)38(51)33-20-44-49(23-33)21-30-13-8-6-9-14-30/h6,8-9,13-14,20,23,29,31-32,34-36H,5,7,10-12,15-19,21-22,24-28H2,1-4H3,(H,45,50)/t29-,32+,34-,35+,36+/m1/s1. The highest BCUT2D eigenvalue weighted by atomic mass is 16.5. The number of aromatic nitrogens is 2. The number of hydrogen-bond donors (Lipinski definition) is 1. The maximum Gasteiger partial charge on any atom is 0.310 e. The fraction of sp³-hybridized carbons (Fsp3) is 0.674. The van der Waals surface area contributed by atoms with Crippen molar-refractivity contribution in [3.63, 3.8) is 0 Å². The van der Waals surface area contributed by atoms with E-state index >= 15 is 0 Å². The van der Waals surface area contributed by atoms with E-state index in [1.165, 1.54) is 6.42 Å². The first-order chi connectivity index (χ1) is 26.9. The molecule has 3 saturated heterocycles. The van der Waals surface area contributed by atoms with Crippen LogP contribution in [0.2, 0.25) is 0 Å². The molecule has 5 aliphatic rings. The highest BCUT2D eigenvalue weighted by Gasteiger charge is 2.62. The summed E-state index contributed by atoms with van der Waals surface area (Å²) >= 11 is 0. The molecule has 1 N–H and O–H groups in total. The molecule has 2 aromatic rings. The molecule has 13 nitrogen and oxygen atoms in total. The van der Waals surface area contributed by atoms with Crippen LogP contribution >= 0.6 is 0 Å². The van der Waals surface area contributed by atoms with Crippen molar-refractivity contribution in [2.45, 2.75) is 97.8 Å². The molecule has 4 heterocycles. The van der Waals surface area contributed by atoms with Crippen molar-refractivity contribution in [1.29, 1.82) is 0 Å². The third-order valence-electron chi connectivity index (χ3n) is 13.2. The summed E-state index contributed by atoms with van der Waals surface area (Å²) in [6.45, 7) is 11.0. The molecular weight excluding hydrogens is 713 g/mol. The smallest absolute Gasteiger partial charge is 0.310 e. The zero-order valence-electron chi connectivity index (χ0n) is 33.6. The Morgan fingerprint density at radius 3 is 2.32 bits per heavy atom. The number of likely N-dealkylation sites (tertiary alicyclic amines) is 3. The second kappa shape index (κ2) is 16.7. The molecule has 0 radical (unpaired) electrons. The number of rotatable bonds is 13. The first kappa shape index (κ1) is 40.0. The van der Waals surface area contributed by atoms with Crippen molar-refractivity contribution < 1.29 is 33.4 Å². The van der Waals surface area contributed by atoms with Crippen LogP contribution in [0, 0.1) is 34.5 Å². The molecule has 13 heteroatoms. The Bertz CT molecular complexity index is 1750. The zero-order chi connectivity index (χ0) is 39.6. The maximum atomic E-state index is 14.7. The Hall–Kier alpha value is -4.26. The number of carbonyl (C=O) groups excluding carboxylic acids is 5. The summed E-state index contributed by atoms with van der Waals surface area (Å²) in [5, 5.41) is 7.59. The molecule has 0 unspecified atom stereocenters. The van der Waals surface area contributed by atoms with E-state index < -0.39 is 29.4 Å². The molecule has 4 amide bonds. The lowest BCUT2D eigenvalue weighted by Gasteiger charge is -2.50. The topological polar surface area (TPSA) is 143 Å². The van der Waals surface area contributed by atoms with Gasteiger partial charge >= 0.3 is 5.97 Å². The third kappa shape index (κ3) is 8.67. The number of ether oxygens (including phenoxy) is 2. The maximum absolute atomic E-state index is 14.7. The number of carbonyl (C=O) groups is 5. The second-order valence-electron chi connectivity index (χ2n) is 17.9. The summed E-state index contributed by atoms with van der Waals surface area (Å²) in [5.41, 5.74) is 0.805. The molecule has 304 valence electrons. The summed E-state index contributed by atoms with van der Waals surface area (Å²) in [6, 6.07) is 8.90. The van der Waals surface area contributed by atoms with Gasteiger partial charge in [-0.2, -0.15) is 5.10 Å². The highest BCUT2D eigenvalue weighted by Crippen LogP contribution is 2.54. The molecule has 2 aliphatic carbocycles. The quantitative estimate of drug-likeness (QED) is 0.300. The molecule has 7 rings (SSSR count). The minimum absolute atomic E-state index is 0.0315. The normalized spacial score (nSPS) is 25.3. The molecule has 2 saturated carbocycles. The van der Waals surface area contributed by atoms with Gasteiger partial charge in [0, 0.05) is 63.4 Å². The fourth-order valence-electron chi connectivity index (χ4n) is 9.50. The van der Waals surface area contributed by atoms with Gasteiger partial charge in [0.15, 0.2) is 0 Å². The van der Waals surface area contributed by atoms with Crippen LogP contribution in [0.1, 0.15) is 95.0 Å². The van der Waals surface area contributed by atoms with Crippen LogP contribution in [0.3, 0.4) is 0 Å². The summed E-state index contributed by atoms with van der Waals surface area (Å²) in [4.78, 5) is 74.6. The van der Waals surface area contributed by atoms with Gasteiger partial charge in [-0.05, 0) is 62.8 Å². The van der Waals surface area contributed by atoms with Gasteiger partial charge in [0.05, 0.1) is 42.9 Å². The van der Waals surface area contributed by atoms with Crippen LogP contribution in [0.5, 0.6) is 0 Å². The first-order valence-corrected chi connectivity index (χ1v) is 20.9. The Labute approximate surface area is 330 Å². The van der Waals surface area contributed by atoms with Gasteiger partial charge in [-0.3, -0.25) is 28.7 Å². The van der Waals surface area contributed by atoms with Gasteiger partial charge in [0.1, 0.15) is 6.04 Å². The molecule has 56 heavy (non-hydrogen) atoms. The van der Waals surface area contributed by atoms with Gasteiger partial charge in [0.2, 0.25) is 17.7 Å². The highest BCUT2D eigenvalue weighted by molar-refractivity contribution is 5.96. The Balaban J connectivity index is 1.10. The van der Waals surface area contributed by atoms with Gasteiger partial charge in [-0.15, -0.1) is 0 Å². The van der Waals surface area contributed by atoms with Crippen molar-refractivity contribution in [1.82, 2.24) is 29.8 Å². The van der Waals surface area contributed by atoms with Crippen molar-refractivity contribution in [3.8, 4) is 0 Å². The molecule has 1 aromatic carbocycles. The number of nitrogens with zero attached hydrogens (tertiary/aromatic N) is 5. The van der Waals surface area contributed by atoms with E-state index in [1.807, 2.05) is 42.2 Å². The third-order valence-corrected chi connectivity index (χ3v) is 13.2. The van der Waals surface area contributed by atoms with Crippen LogP contribution < -0.4 is 5.32 Å². The first-order valence-electron chi connectivity index (χ1n) is 20.9. The van der Waals surface area contributed by atoms with E-state index in [9.17, 15) is 24.0 Å². The Morgan fingerprint density at radius 1 is 0.911 bits per heavy atom. The molecule has 5 fully saturated rings. The SMILES string of the molecule is CCOC(=O)[C@H]1CCCN(C(=O)[C@@H](NC(=O)[C@@H]2CN(C(=O)c3cnn(Cc4ccccc4)c3)CC23CN(C(=O)[C@H]2CC2(C)C)C3)[C@@H](C)OCC2CCCCC2)C1. The molecule has 1 aromatic heterocycles. The lowest BCUT2D eigenvalue weighted by molar-refractivity contribution is -0.154. The molecule has 1 spiro atoms. The summed E-state index contributed by atoms with van der Waals surface area (Å²) in [5.74, 6) is -1.75. The monoisotopic (exact) mass is 772 g/mol. The van der Waals surface area contributed by atoms with Crippen LogP contribution in [0.15, 0.2) is 42.7 Å². The summed E-state index contributed by atoms with van der Waals surface area (Å²) in [6.07, 6.45) is 10.5. The lowest BCUT2D eigenvalue weighted by atomic mass is 9.70. The fourth-order valence-corrected chi connectivity index (χ4v) is 9.50. The van der Waals surface area contributed by atoms with E-state index in [2.05, 4.69) is 24.3 Å². The summed E-state index contributed by atoms with van der Waals surface area (Å²) in [7, 11) is 0. The van der Waals surface area contributed by atoms with Gasteiger partial charge in [-0.1, -0.05) is 63.4 Å². The van der Waals surface area contributed by atoms with Crippen molar-refractivity contribution in [2.75, 3.05) is 52.5 Å². The van der Waals surface area contributed by atoms with Crippen molar-refractivity contribution >= 4 is 29.6 Å². The number of hydrogen-bond acceptors (Lipinski definition) is 8. The van der Waals surface area contributed by atoms with E-state index in [0.717, 1.165) is 37.7 Å². The van der Waals surface area contributed by atoms with Crippen molar-refractivity contribution in [2.24, 2.45) is 34.5 Å². The zero-order valence-corrected chi connectivity index (χ0v) is 33.6. The largest absolute Gasteiger partial charge is 0.466 e. The Morgan fingerprint density at radius 2 is 1.62 bits per heavy atom. The summed E-state index contributed by atoms with van der Waals surface area (Å²) < 4.78 is 13.4. The molecular formula is C43H60N6O7. The second-order valence-corrected chi connectivity index (χ2v) is 17.9. The minimum Gasteiger partial charge on any atom is -0.466 e. The van der Waals surface area contributed by atoms with Crippen LogP contribution in [0.25, 0.3) is 0 Å². The average Bonchev–Trinajstić information content (AvgIpc) is 3.48. The van der Waals surface area contributed by atoms with Crippen LogP contribution in [-0.2, 0) is 35.2 Å². The van der Waals surface area contributed by atoms with Crippen molar-refractivity contribution in [3.05, 3.63) is 53.9 Å². The van der Waals surface area contributed by atoms with E-state index in [-0.39, 0.29) is 60.6 Å². The number of esters is 1. The lowest BCUT2D eigenvalue weighted by Crippen LogP contribution is -2.65. The van der Waals surface area contributed by atoms with Crippen LogP contribution in [0.4, 0.5) is 0 Å². The Kier molecular flexibility index (Phi) is 11.9. The van der Waals surface area contributed by atoms with Gasteiger partial charge < -0.3 is 29.5 Å². The number of piperidine rings is 1. The minimum atomic E-state index is -0.991. The van der Waals surface area contributed by atoms with E-state index in [4.69, 9.17) is 9.47 Å². The molecule has 3 aliphatic heterocycles. The number of benzene rings is 1. The average molecular weight is 773 g/mol. The molecule has 5 atom stereocenters. The van der Waals surface area contributed by atoms with E-state index in [0.29, 0.717) is 63.7 Å². The van der Waals surface area contributed by atoms with Crippen LogP contribution in [-0.4, -0.2) is 119 Å². The van der Waals surface area contributed by atoms with Gasteiger partial charge in [-0.25, -0.2) is 0 Å². The predicted molar refractivity (Wildman–Crippen MR) is 208 cm³/mol. The van der Waals surface area contributed by atoms with E-state index in [1.54, 1.807) is 33.8 Å². The number of amides is 4. The number of nitrogens with one attached hydrogen (secondary N) is 1. The van der Waals surface area contributed by atoms with Gasteiger partial charge in [0.25, 0.3) is 5.91 Å². The predicted octanol–water partition coefficient (Wildman–Crippen LogP) is 4.15. The molecule has 0 bridgehead atoms.